The van der Waals surface area contributed by atoms with Crippen LogP contribution >= 0.6 is 0 Å². The van der Waals surface area contributed by atoms with E-state index in [2.05, 4.69) is 5.32 Å². The molecule has 0 unspecified atom stereocenters. The van der Waals surface area contributed by atoms with Gasteiger partial charge in [0, 0.05) is 24.1 Å². The van der Waals surface area contributed by atoms with E-state index >= 15 is 0 Å². The number of hydrogen-bond acceptors (Lipinski definition) is 8. The molecule has 3 rings (SSSR count). The van der Waals surface area contributed by atoms with Crippen molar-refractivity contribution in [1.29, 1.82) is 0 Å². The maximum absolute atomic E-state index is 12.8. The summed E-state index contributed by atoms with van der Waals surface area (Å²) in [6.45, 7) is 0. The summed E-state index contributed by atoms with van der Waals surface area (Å²) in [5, 5.41) is 2.70. The van der Waals surface area contributed by atoms with E-state index in [0.29, 0.717) is 40.9 Å². The van der Waals surface area contributed by atoms with Crippen molar-refractivity contribution in [2.75, 3.05) is 40.9 Å². The topological polar surface area (TPSA) is 105 Å². The molecule has 0 fully saturated rings. The number of hydrogen-bond donors (Lipinski definition) is 1. The lowest BCUT2D eigenvalue weighted by molar-refractivity contribution is 0.0600. The number of benzene rings is 2. The molecule has 9 nitrogen and oxygen atoms in total. The third-order valence-electron chi connectivity index (χ3n) is 4.92. The maximum atomic E-state index is 12.8. The largest absolute Gasteiger partial charge is 0.496 e. The van der Waals surface area contributed by atoms with E-state index in [1.165, 1.54) is 20.3 Å². The van der Waals surface area contributed by atoms with Gasteiger partial charge in [0.1, 0.15) is 28.8 Å². The number of nitrogens with one attached hydrogen (secondary N) is 1. The van der Waals surface area contributed by atoms with Gasteiger partial charge in [-0.1, -0.05) is 0 Å². The predicted octanol–water partition coefficient (Wildman–Crippen LogP) is 3.94. The van der Waals surface area contributed by atoms with Gasteiger partial charge in [-0.15, -0.1) is 0 Å². The van der Waals surface area contributed by atoms with Crippen LogP contribution in [-0.4, -0.2) is 47.4 Å². The Balaban J connectivity index is 1.83. The SMILES string of the molecule is COC(=O)c1ccc(OC)c(NC(=O)c2ccc(Cc3c(OC)cc(OC)cc3OC)o2)c1. The highest BCUT2D eigenvalue weighted by Crippen LogP contribution is 2.36. The molecule has 0 aliphatic heterocycles. The highest BCUT2D eigenvalue weighted by atomic mass is 16.5. The third kappa shape index (κ3) is 5.20. The highest BCUT2D eigenvalue weighted by Gasteiger charge is 2.19. The average molecular weight is 455 g/mol. The first-order chi connectivity index (χ1) is 15.9. The van der Waals surface area contributed by atoms with E-state index in [1.807, 2.05) is 0 Å². The molecule has 0 aliphatic rings. The number of esters is 1. The monoisotopic (exact) mass is 455 g/mol. The Morgan fingerprint density at radius 3 is 2.06 bits per heavy atom. The van der Waals surface area contributed by atoms with Crippen molar-refractivity contribution in [3.8, 4) is 23.0 Å². The van der Waals surface area contributed by atoms with Crippen LogP contribution in [0.4, 0.5) is 5.69 Å². The highest BCUT2D eigenvalue weighted by molar-refractivity contribution is 6.04. The molecule has 0 atom stereocenters. The van der Waals surface area contributed by atoms with Crippen molar-refractivity contribution >= 4 is 17.6 Å². The summed E-state index contributed by atoms with van der Waals surface area (Å²) in [6.07, 6.45) is 0.324. The van der Waals surface area contributed by atoms with Crippen molar-refractivity contribution in [3.63, 3.8) is 0 Å². The minimum Gasteiger partial charge on any atom is -0.496 e. The Morgan fingerprint density at radius 2 is 1.48 bits per heavy atom. The standard InChI is InChI=1S/C24H25NO8/c1-28-16-12-21(30-3)17(22(13-16)31-4)11-15-7-9-20(33-15)23(26)25-18-10-14(24(27)32-5)6-8-19(18)29-2/h6-10,12-13H,11H2,1-5H3,(H,25,26). The zero-order chi connectivity index (χ0) is 24.0. The molecule has 33 heavy (non-hydrogen) atoms. The van der Waals surface area contributed by atoms with Crippen molar-refractivity contribution in [1.82, 2.24) is 0 Å². The van der Waals surface area contributed by atoms with E-state index in [-0.39, 0.29) is 11.3 Å². The van der Waals surface area contributed by atoms with Crippen LogP contribution in [0.15, 0.2) is 46.9 Å². The lowest BCUT2D eigenvalue weighted by Gasteiger charge is -2.14. The number of anilines is 1. The fourth-order valence-electron chi connectivity index (χ4n) is 3.26. The summed E-state index contributed by atoms with van der Waals surface area (Å²) in [7, 11) is 7.40. The Labute approximate surface area is 191 Å². The average Bonchev–Trinajstić information content (AvgIpc) is 3.32. The molecular weight excluding hydrogens is 430 g/mol. The van der Waals surface area contributed by atoms with Gasteiger partial charge >= 0.3 is 5.97 Å². The molecule has 1 aromatic heterocycles. The number of furan rings is 1. The van der Waals surface area contributed by atoms with E-state index in [9.17, 15) is 9.59 Å². The Bertz CT molecular complexity index is 1130. The van der Waals surface area contributed by atoms with Crippen LogP contribution < -0.4 is 24.3 Å². The van der Waals surface area contributed by atoms with Gasteiger partial charge in [0.2, 0.25) is 0 Å². The maximum Gasteiger partial charge on any atom is 0.337 e. The fraction of sp³-hybridized carbons (Fsp3) is 0.250. The van der Waals surface area contributed by atoms with Crippen molar-refractivity contribution < 1.29 is 37.7 Å². The molecule has 174 valence electrons. The zero-order valence-electron chi connectivity index (χ0n) is 19.0. The first kappa shape index (κ1) is 23.5. The molecule has 9 heteroatoms. The molecule has 1 N–H and O–H groups in total. The van der Waals surface area contributed by atoms with Gasteiger partial charge in [0.15, 0.2) is 5.76 Å². The summed E-state index contributed by atoms with van der Waals surface area (Å²) >= 11 is 0. The normalized spacial score (nSPS) is 10.3. The number of carbonyl (C=O) groups is 2. The molecule has 0 aliphatic carbocycles. The second-order valence-corrected chi connectivity index (χ2v) is 6.81. The van der Waals surface area contributed by atoms with E-state index in [1.54, 1.807) is 57.7 Å². The molecule has 3 aromatic rings. The van der Waals surface area contributed by atoms with E-state index in [0.717, 1.165) is 5.56 Å². The molecule has 0 spiro atoms. The molecule has 0 saturated carbocycles. The van der Waals surface area contributed by atoms with Crippen molar-refractivity contribution in [2.24, 2.45) is 0 Å². The van der Waals surface area contributed by atoms with Gasteiger partial charge < -0.3 is 33.4 Å². The lowest BCUT2D eigenvalue weighted by Crippen LogP contribution is -2.13. The summed E-state index contributed by atoms with van der Waals surface area (Å²) in [5.41, 5.74) is 1.32. The second kappa shape index (κ2) is 10.4. The summed E-state index contributed by atoms with van der Waals surface area (Å²) in [4.78, 5) is 24.6. The van der Waals surface area contributed by atoms with Crippen LogP contribution in [0.25, 0.3) is 0 Å². The molecule has 0 radical (unpaired) electrons. The smallest absolute Gasteiger partial charge is 0.337 e. The van der Waals surface area contributed by atoms with Crippen LogP contribution in [0.1, 0.15) is 32.2 Å². The number of amides is 1. The molecule has 1 amide bonds. The van der Waals surface area contributed by atoms with Crippen LogP contribution in [-0.2, 0) is 11.2 Å². The third-order valence-corrected chi connectivity index (χ3v) is 4.92. The molecule has 0 bridgehead atoms. The van der Waals surface area contributed by atoms with Gasteiger partial charge in [-0.05, 0) is 30.3 Å². The fourth-order valence-corrected chi connectivity index (χ4v) is 3.26. The number of methoxy groups -OCH3 is 5. The number of rotatable bonds is 9. The molecule has 1 heterocycles. The van der Waals surface area contributed by atoms with Gasteiger partial charge in [-0.3, -0.25) is 4.79 Å². The molecule has 0 saturated heterocycles. The Kier molecular flexibility index (Phi) is 7.45. The minimum atomic E-state index is -0.532. The van der Waals surface area contributed by atoms with E-state index in [4.69, 9.17) is 28.1 Å². The minimum absolute atomic E-state index is 0.0852. The van der Waals surface area contributed by atoms with Crippen LogP contribution in [0, 0.1) is 0 Å². The van der Waals surface area contributed by atoms with Crippen molar-refractivity contribution in [3.05, 3.63) is 65.1 Å². The van der Waals surface area contributed by atoms with E-state index < -0.39 is 11.9 Å². The quantitative estimate of drug-likeness (QED) is 0.484. The second-order valence-electron chi connectivity index (χ2n) is 6.81. The Morgan fingerprint density at radius 1 is 0.818 bits per heavy atom. The Hall–Kier alpha value is -4.14. The lowest BCUT2D eigenvalue weighted by atomic mass is 10.1. The molecular formula is C24H25NO8. The number of ether oxygens (including phenoxy) is 5. The van der Waals surface area contributed by atoms with Gasteiger partial charge in [0.05, 0.1) is 46.8 Å². The summed E-state index contributed by atoms with van der Waals surface area (Å²) < 4.78 is 32.0. The van der Waals surface area contributed by atoms with Gasteiger partial charge in [-0.2, -0.15) is 0 Å². The van der Waals surface area contributed by atoms with Gasteiger partial charge in [-0.25, -0.2) is 4.79 Å². The predicted molar refractivity (Wildman–Crippen MR) is 120 cm³/mol. The summed E-state index contributed by atoms with van der Waals surface area (Å²) in [6, 6.07) is 11.3. The molecule has 2 aromatic carbocycles. The van der Waals surface area contributed by atoms with Crippen LogP contribution in [0.2, 0.25) is 0 Å². The van der Waals surface area contributed by atoms with Gasteiger partial charge in [0.25, 0.3) is 5.91 Å². The first-order valence-corrected chi connectivity index (χ1v) is 9.89. The van der Waals surface area contributed by atoms with Crippen molar-refractivity contribution in [2.45, 2.75) is 6.42 Å². The number of carbonyl (C=O) groups excluding carboxylic acids is 2. The summed E-state index contributed by atoms with van der Waals surface area (Å²) in [5.74, 6) is 1.69. The zero-order valence-corrected chi connectivity index (χ0v) is 19.0. The van der Waals surface area contributed by atoms with Crippen LogP contribution in [0.3, 0.4) is 0 Å². The first-order valence-electron chi connectivity index (χ1n) is 9.89. The van der Waals surface area contributed by atoms with Crippen LogP contribution in [0.5, 0.6) is 23.0 Å².